The first kappa shape index (κ1) is 20.1. The molecule has 1 aliphatic rings. The van der Waals surface area contributed by atoms with Crippen LogP contribution in [0.25, 0.3) is 0 Å². The summed E-state index contributed by atoms with van der Waals surface area (Å²) in [6.07, 6.45) is -9.56. The maximum absolute atomic E-state index is 12.9. The molecule has 0 aliphatic carbocycles. The molecule has 1 aromatic carbocycles. The summed E-state index contributed by atoms with van der Waals surface area (Å²) in [5.74, 6) is -3.14. The lowest BCUT2D eigenvalue weighted by atomic mass is 9.92. The second-order valence-corrected chi connectivity index (χ2v) is 6.21. The molecule has 4 nitrogen and oxygen atoms in total. The minimum Gasteiger partial charge on any atom is -0.481 e. The molecule has 1 N–H and O–H groups in total. The number of carbonyl (C=O) groups excluding carboxylic acids is 1. The minimum absolute atomic E-state index is 0.0591. The summed E-state index contributed by atoms with van der Waals surface area (Å²) in [5, 5.41) is 9.06. The van der Waals surface area contributed by atoms with Gasteiger partial charge in [-0.2, -0.15) is 26.3 Å². The van der Waals surface area contributed by atoms with Gasteiger partial charge in [0.1, 0.15) is 0 Å². The van der Waals surface area contributed by atoms with Gasteiger partial charge in [-0.05, 0) is 38.0 Å². The fourth-order valence-corrected chi connectivity index (χ4v) is 2.84. The lowest BCUT2D eigenvalue weighted by molar-refractivity contribution is -0.144. The standard InChI is InChI=1S/C16H15F6NO3/c1-8-2-3-9(14(25)26)7-23(8)13(24)10-4-11(15(17,18)19)6-12(5-10)16(20,21)22/h4-6,8-9H,2-3,7H2,1H3,(H,25,26). The molecule has 1 amide bonds. The quantitative estimate of drug-likeness (QED) is 0.784. The molecule has 1 heterocycles. The molecule has 0 radical (unpaired) electrons. The van der Waals surface area contributed by atoms with E-state index < -0.39 is 52.9 Å². The third kappa shape index (κ3) is 4.28. The predicted molar refractivity (Wildman–Crippen MR) is 77.3 cm³/mol. The van der Waals surface area contributed by atoms with E-state index in [9.17, 15) is 35.9 Å². The second kappa shape index (κ2) is 6.81. The van der Waals surface area contributed by atoms with E-state index in [0.717, 1.165) is 4.90 Å². The van der Waals surface area contributed by atoms with E-state index in [2.05, 4.69) is 0 Å². The number of hydrogen-bond acceptors (Lipinski definition) is 2. The summed E-state index contributed by atoms with van der Waals surface area (Å²) in [6, 6.07) is 0.154. The van der Waals surface area contributed by atoms with Crippen molar-refractivity contribution in [3.05, 3.63) is 34.9 Å². The number of alkyl halides is 6. The van der Waals surface area contributed by atoms with Gasteiger partial charge in [-0.15, -0.1) is 0 Å². The highest BCUT2D eigenvalue weighted by atomic mass is 19.4. The zero-order valence-electron chi connectivity index (χ0n) is 13.5. The number of carboxylic acids is 1. The summed E-state index contributed by atoms with van der Waals surface area (Å²) in [5.41, 5.74) is -3.95. The number of benzene rings is 1. The molecule has 2 rings (SSSR count). The van der Waals surface area contributed by atoms with Crippen LogP contribution in [-0.2, 0) is 17.1 Å². The monoisotopic (exact) mass is 383 g/mol. The van der Waals surface area contributed by atoms with Crippen molar-refractivity contribution in [2.75, 3.05) is 6.54 Å². The smallest absolute Gasteiger partial charge is 0.416 e. The van der Waals surface area contributed by atoms with Crippen LogP contribution in [0.5, 0.6) is 0 Å². The van der Waals surface area contributed by atoms with Crippen LogP contribution in [0.2, 0.25) is 0 Å². The van der Waals surface area contributed by atoms with Crippen LogP contribution >= 0.6 is 0 Å². The largest absolute Gasteiger partial charge is 0.481 e. The molecule has 1 fully saturated rings. The lowest BCUT2D eigenvalue weighted by Crippen LogP contribution is -2.47. The Labute approximate surface area is 144 Å². The van der Waals surface area contributed by atoms with Crippen molar-refractivity contribution in [3.8, 4) is 0 Å². The van der Waals surface area contributed by atoms with Crippen molar-refractivity contribution in [2.45, 2.75) is 38.2 Å². The van der Waals surface area contributed by atoms with Gasteiger partial charge in [0, 0.05) is 18.2 Å². The number of piperidine rings is 1. The fourth-order valence-electron chi connectivity index (χ4n) is 2.84. The molecule has 2 unspecified atom stereocenters. The van der Waals surface area contributed by atoms with Gasteiger partial charge in [0.15, 0.2) is 0 Å². The van der Waals surface area contributed by atoms with Crippen LogP contribution in [-0.4, -0.2) is 34.5 Å². The van der Waals surface area contributed by atoms with Crippen LogP contribution in [0.4, 0.5) is 26.3 Å². The maximum Gasteiger partial charge on any atom is 0.416 e. The van der Waals surface area contributed by atoms with Crippen molar-refractivity contribution in [3.63, 3.8) is 0 Å². The van der Waals surface area contributed by atoms with E-state index in [1.54, 1.807) is 6.92 Å². The van der Waals surface area contributed by atoms with Crippen LogP contribution in [0.3, 0.4) is 0 Å². The number of aliphatic carboxylic acids is 1. The van der Waals surface area contributed by atoms with Gasteiger partial charge in [0.05, 0.1) is 17.0 Å². The summed E-state index contributed by atoms with van der Waals surface area (Å²) in [6.45, 7) is 1.29. The van der Waals surface area contributed by atoms with Crippen LogP contribution < -0.4 is 0 Å². The Morgan fingerprint density at radius 2 is 1.50 bits per heavy atom. The van der Waals surface area contributed by atoms with Gasteiger partial charge in [-0.3, -0.25) is 9.59 Å². The van der Waals surface area contributed by atoms with E-state index >= 15 is 0 Å². The molecule has 1 aromatic rings. The first-order valence-corrected chi connectivity index (χ1v) is 7.64. The Bertz CT molecular complexity index is 681. The molecule has 0 saturated carbocycles. The average molecular weight is 383 g/mol. The zero-order chi connectivity index (χ0) is 19.9. The zero-order valence-corrected chi connectivity index (χ0v) is 13.5. The molecule has 144 valence electrons. The number of halogens is 6. The highest BCUT2D eigenvalue weighted by Crippen LogP contribution is 2.37. The third-order valence-corrected chi connectivity index (χ3v) is 4.33. The van der Waals surface area contributed by atoms with Gasteiger partial charge in [-0.25, -0.2) is 0 Å². The van der Waals surface area contributed by atoms with E-state index in [1.165, 1.54) is 0 Å². The van der Waals surface area contributed by atoms with E-state index in [4.69, 9.17) is 5.11 Å². The Morgan fingerprint density at radius 1 is 1.00 bits per heavy atom. The SMILES string of the molecule is CC1CCC(C(=O)O)CN1C(=O)c1cc(C(F)(F)F)cc(C(F)(F)F)c1. The number of carbonyl (C=O) groups is 2. The third-order valence-electron chi connectivity index (χ3n) is 4.33. The number of rotatable bonds is 2. The number of likely N-dealkylation sites (tertiary alicyclic amines) is 1. The van der Waals surface area contributed by atoms with Gasteiger partial charge >= 0.3 is 18.3 Å². The molecule has 2 atom stereocenters. The number of carboxylic acid groups (broad SMARTS) is 1. The Kier molecular flexibility index (Phi) is 5.25. The number of hydrogen-bond donors (Lipinski definition) is 1. The van der Waals surface area contributed by atoms with E-state index in [0.29, 0.717) is 12.1 Å². The summed E-state index contributed by atoms with van der Waals surface area (Å²) in [7, 11) is 0. The minimum atomic E-state index is -5.06. The summed E-state index contributed by atoms with van der Waals surface area (Å²) >= 11 is 0. The number of amides is 1. The molecule has 1 aliphatic heterocycles. The fraction of sp³-hybridized carbons (Fsp3) is 0.500. The van der Waals surface area contributed by atoms with Crippen molar-refractivity contribution in [1.82, 2.24) is 4.90 Å². The Hall–Kier alpha value is -2.26. The van der Waals surface area contributed by atoms with E-state index in [1.807, 2.05) is 0 Å². The summed E-state index contributed by atoms with van der Waals surface area (Å²) in [4.78, 5) is 24.6. The first-order chi connectivity index (χ1) is 11.8. The molecule has 26 heavy (non-hydrogen) atoms. The van der Waals surface area contributed by atoms with Crippen LogP contribution in [0, 0.1) is 5.92 Å². The second-order valence-electron chi connectivity index (χ2n) is 6.21. The molecule has 0 bridgehead atoms. The number of nitrogens with zero attached hydrogens (tertiary/aromatic N) is 1. The molecule has 0 spiro atoms. The Morgan fingerprint density at radius 3 is 1.92 bits per heavy atom. The molecule has 1 saturated heterocycles. The predicted octanol–water partition coefficient (Wildman–Crippen LogP) is 4.05. The van der Waals surface area contributed by atoms with Crippen LogP contribution in [0.1, 0.15) is 41.3 Å². The van der Waals surface area contributed by atoms with Gasteiger partial charge < -0.3 is 10.0 Å². The normalized spacial score (nSPS) is 21.6. The van der Waals surface area contributed by atoms with Crippen molar-refractivity contribution < 1.29 is 41.0 Å². The summed E-state index contributed by atoms with van der Waals surface area (Å²) < 4.78 is 77.5. The van der Waals surface area contributed by atoms with Gasteiger partial charge in [0.2, 0.25) is 0 Å². The molecule has 10 heteroatoms. The lowest BCUT2D eigenvalue weighted by Gasteiger charge is -2.36. The maximum atomic E-state index is 12.9. The van der Waals surface area contributed by atoms with Crippen molar-refractivity contribution in [2.24, 2.45) is 5.92 Å². The molecule has 0 aromatic heterocycles. The highest BCUT2D eigenvalue weighted by Gasteiger charge is 2.39. The Balaban J connectivity index is 2.45. The first-order valence-electron chi connectivity index (χ1n) is 7.64. The van der Waals surface area contributed by atoms with Gasteiger partial charge in [0.25, 0.3) is 5.91 Å². The van der Waals surface area contributed by atoms with E-state index in [-0.39, 0.29) is 25.5 Å². The molecular formula is C16H15F6NO3. The highest BCUT2D eigenvalue weighted by molar-refractivity contribution is 5.95. The topological polar surface area (TPSA) is 57.6 Å². The average Bonchev–Trinajstić information content (AvgIpc) is 2.52. The molecular weight excluding hydrogens is 368 g/mol. The van der Waals surface area contributed by atoms with Crippen molar-refractivity contribution >= 4 is 11.9 Å². The van der Waals surface area contributed by atoms with Crippen molar-refractivity contribution in [1.29, 1.82) is 0 Å². The van der Waals surface area contributed by atoms with Gasteiger partial charge in [-0.1, -0.05) is 0 Å². The van der Waals surface area contributed by atoms with Crippen LogP contribution in [0.15, 0.2) is 18.2 Å².